The molecule has 3 aliphatic rings. The van der Waals surface area contributed by atoms with Gasteiger partial charge in [0.25, 0.3) is 0 Å². The molecule has 0 radical (unpaired) electrons. The predicted molar refractivity (Wildman–Crippen MR) is 108 cm³/mol. The van der Waals surface area contributed by atoms with Crippen molar-refractivity contribution in [3.8, 4) is 0 Å². The zero-order chi connectivity index (χ0) is 19.7. The quantitative estimate of drug-likeness (QED) is 0.683. The fourth-order valence-corrected chi connectivity index (χ4v) is 5.76. The topological polar surface area (TPSA) is 60.9 Å². The zero-order valence-electron chi connectivity index (χ0n) is 15.9. The Hall–Kier alpha value is -1.44. The summed E-state index contributed by atoms with van der Waals surface area (Å²) >= 11 is 7.58. The van der Waals surface area contributed by atoms with Crippen LogP contribution in [0.3, 0.4) is 0 Å². The van der Waals surface area contributed by atoms with Crippen LogP contribution in [0, 0.1) is 11.8 Å². The van der Waals surface area contributed by atoms with Crippen LogP contribution in [0.25, 0.3) is 0 Å². The van der Waals surface area contributed by atoms with Crippen LogP contribution in [0.15, 0.2) is 12.1 Å². The van der Waals surface area contributed by atoms with Crippen molar-refractivity contribution in [3.05, 3.63) is 21.3 Å². The minimum atomic E-state index is -0.134. The van der Waals surface area contributed by atoms with Gasteiger partial charge in [-0.1, -0.05) is 24.4 Å². The molecule has 3 heterocycles. The Bertz CT molecular complexity index is 736. The van der Waals surface area contributed by atoms with Crippen LogP contribution in [-0.2, 0) is 20.9 Å². The van der Waals surface area contributed by atoms with Gasteiger partial charge in [0.05, 0.1) is 16.2 Å². The summed E-state index contributed by atoms with van der Waals surface area (Å²) < 4.78 is 0.801. The number of thiophene rings is 1. The van der Waals surface area contributed by atoms with E-state index in [0.717, 1.165) is 49.7 Å². The van der Waals surface area contributed by atoms with Crippen molar-refractivity contribution >= 4 is 40.7 Å². The van der Waals surface area contributed by atoms with Gasteiger partial charge in [-0.05, 0) is 25.0 Å². The molecule has 0 unspecified atom stereocenters. The third kappa shape index (κ3) is 4.11. The highest BCUT2D eigenvalue weighted by molar-refractivity contribution is 7.16. The minimum Gasteiger partial charge on any atom is -0.340 e. The fourth-order valence-electron chi connectivity index (χ4n) is 4.63. The lowest BCUT2D eigenvalue weighted by Gasteiger charge is -2.34. The van der Waals surface area contributed by atoms with E-state index in [1.807, 2.05) is 17.0 Å². The van der Waals surface area contributed by atoms with Crippen molar-refractivity contribution < 1.29 is 14.4 Å². The van der Waals surface area contributed by atoms with Crippen LogP contribution < -0.4 is 0 Å². The van der Waals surface area contributed by atoms with E-state index in [4.69, 9.17) is 11.6 Å². The standard InChI is InChI=1S/C20H26ClN3O3S/c21-17-6-5-14(28-17)13-22-9-11-23(12-10-22)18(25)7-8-24-19(26)15-3-1-2-4-16(15)20(24)27/h5-6,15-16H,1-4,7-13H2/t15-,16-/m1/s1. The average molecular weight is 424 g/mol. The van der Waals surface area contributed by atoms with E-state index in [2.05, 4.69) is 4.90 Å². The molecule has 0 aromatic carbocycles. The maximum Gasteiger partial charge on any atom is 0.233 e. The molecule has 1 aromatic rings. The first-order valence-electron chi connectivity index (χ1n) is 10.1. The highest BCUT2D eigenvalue weighted by Gasteiger charge is 2.47. The Morgan fingerprint density at radius 3 is 2.25 bits per heavy atom. The summed E-state index contributed by atoms with van der Waals surface area (Å²) in [5.41, 5.74) is 0. The van der Waals surface area contributed by atoms with Gasteiger partial charge < -0.3 is 4.90 Å². The molecule has 1 aromatic heterocycles. The summed E-state index contributed by atoms with van der Waals surface area (Å²) in [5, 5.41) is 0. The van der Waals surface area contributed by atoms with Crippen LogP contribution in [0.4, 0.5) is 0 Å². The van der Waals surface area contributed by atoms with E-state index in [0.29, 0.717) is 13.1 Å². The molecule has 0 spiro atoms. The van der Waals surface area contributed by atoms with Crippen LogP contribution in [0.5, 0.6) is 0 Å². The number of imide groups is 1. The van der Waals surface area contributed by atoms with Crippen LogP contribution in [0.2, 0.25) is 4.34 Å². The summed E-state index contributed by atoms with van der Waals surface area (Å²) in [4.78, 5) is 44.4. The van der Waals surface area contributed by atoms with Crippen LogP contribution in [-0.4, -0.2) is 65.1 Å². The Balaban J connectivity index is 1.24. The molecule has 1 saturated carbocycles. The number of nitrogens with zero attached hydrogens (tertiary/aromatic N) is 3. The monoisotopic (exact) mass is 423 g/mol. The van der Waals surface area contributed by atoms with Crippen molar-refractivity contribution in [1.29, 1.82) is 0 Å². The lowest BCUT2D eigenvalue weighted by atomic mass is 9.81. The van der Waals surface area contributed by atoms with Gasteiger partial charge in [-0.3, -0.25) is 24.2 Å². The summed E-state index contributed by atoms with van der Waals surface area (Å²) in [6, 6.07) is 3.96. The van der Waals surface area contributed by atoms with Crippen LogP contribution in [0.1, 0.15) is 37.0 Å². The molecule has 3 fully saturated rings. The van der Waals surface area contributed by atoms with Crippen molar-refractivity contribution in [1.82, 2.24) is 14.7 Å². The summed E-state index contributed by atoms with van der Waals surface area (Å²) in [5.74, 6) is -0.338. The third-order valence-electron chi connectivity index (χ3n) is 6.21. The molecule has 2 atom stereocenters. The fraction of sp³-hybridized carbons (Fsp3) is 0.650. The molecule has 28 heavy (non-hydrogen) atoms. The van der Waals surface area contributed by atoms with Crippen molar-refractivity contribution in [2.24, 2.45) is 11.8 Å². The zero-order valence-corrected chi connectivity index (χ0v) is 17.5. The molecule has 0 N–H and O–H groups in total. The Morgan fingerprint density at radius 1 is 1.04 bits per heavy atom. The van der Waals surface area contributed by atoms with Gasteiger partial charge in [-0.15, -0.1) is 11.3 Å². The molecule has 0 bridgehead atoms. The first-order chi connectivity index (χ1) is 13.5. The normalized spacial score (nSPS) is 26.0. The van der Waals surface area contributed by atoms with E-state index in [1.54, 1.807) is 11.3 Å². The summed E-state index contributed by atoms with van der Waals surface area (Å²) in [7, 11) is 0. The first kappa shape index (κ1) is 19.9. The smallest absolute Gasteiger partial charge is 0.233 e. The van der Waals surface area contributed by atoms with Gasteiger partial charge in [-0.2, -0.15) is 0 Å². The molecule has 1 aliphatic carbocycles. The number of hydrogen-bond acceptors (Lipinski definition) is 5. The second-order valence-electron chi connectivity index (χ2n) is 7.94. The molecule has 3 amide bonds. The van der Waals surface area contributed by atoms with Gasteiger partial charge in [0.15, 0.2) is 0 Å². The van der Waals surface area contributed by atoms with Crippen molar-refractivity contribution in [2.45, 2.75) is 38.6 Å². The van der Waals surface area contributed by atoms with E-state index in [9.17, 15) is 14.4 Å². The van der Waals surface area contributed by atoms with Gasteiger partial charge in [0.2, 0.25) is 17.7 Å². The Morgan fingerprint density at radius 2 is 1.68 bits per heavy atom. The number of fused-ring (bicyclic) bond motifs is 1. The average Bonchev–Trinajstić information content (AvgIpc) is 3.22. The summed E-state index contributed by atoms with van der Waals surface area (Å²) in [6.07, 6.45) is 3.91. The summed E-state index contributed by atoms with van der Waals surface area (Å²) in [6.45, 7) is 4.12. The molecule has 4 rings (SSSR count). The number of piperazine rings is 1. The molecular formula is C20H26ClN3O3S. The number of rotatable bonds is 5. The molecular weight excluding hydrogens is 398 g/mol. The predicted octanol–water partition coefficient (Wildman–Crippen LogP) is 2.61. The van der Waals surface area contributed by atoms with Gasteiger partial charge in [-0.25, -0.2) is 0 Å². The second-order valence-corrected chi connectivity index (χ2v) is 9.74. The van der Waals surface area contributed by atoms with E-state index in [-0.39, 0.29) is 42.5 Å². The van der Waals surface area contributed by atoms with E-state index in [1.165, 1.54) is 9.78 Å². The molecule has 152 valence electrons. The number of carbonyl (C=O) groups excluding carboxylic acids is 3. The lowest BCUT2D eigenvalue weighted by molar-refractivity contribution is -0.141. The van der Waals surface area contributed by atoms with Gasteiger partial charge >= 0.3 is 0 Å². The molecule has 2 aliphatic heterocycles. The highest BCUT2D eigenvalue weighted by Crippen LogP contribution is 2.38. The Kier molecular flexibility index (Phi) is 6.04. The van der Waals surface area contributed by atoms with E-state index < -0.39 is 0 Å². The third-order valence-corrected chi connectivity index (χ3v) is 7.43. The number of carbonyl (C=O) groups is 3. The molecule has 6 nitrogen and oxygen atoms in total. The molecule has 8 heteroatoms. The maximum atomic E-state index is 12.6. The largest absolute Gasteiger partial charge is 0.340 e. The minimum absolute atomic E-state index is 0.0364. The van der Waals surface area contributed by atoms with Gasteiger partial charge in [0.1, 0.15) is 0 Å². The van der Waals surface area contributed by atoms with E-state index >= 15 is 0 Å². The van der Waals surface area contributed by atoms with Crippen molar-refractivity contribution in [3.63, 3.8) is 0 Å². The number of amides is 3. The first-order valence-corrected chi connectivity index (χ1v) is 11.3. The maximum absolute atomic E-state index is 12.6. The second kappa shape index (κ2) is 8.51. The van der Waals surface area contributed by atoms with Crippen molar-refractivity contribution in [2.75, 3.05) is 32.7 Å². The SMILES string of the molecule is O=C(CCN1C(=O)[C@@H]2CCCC[C@H]2C1=O)N1CCN(Cc2ccc(Cl)s2)CC1. The lowest BCUT2D eigenvalue weighted by Crippen LogP contribution is -2.49. The number of hydrogen-bond donors (Lipinski definition) is 0. The van der Waals surface area contributed by atoms with Crippen LogP contribution >= 0.6 is 22.9 Å². The molecule has 2 saturated heterocycles. The number of likely N-dealkylation sites (tertiary alicyclic amines) is 1. The number of halogens is 1. The van der Waals surface area contributed by atoms with Gasteiger partial charge in [0, 0.05) is 50.6 Å². The highest BCUT2D eigenvalue weighted by atomic mass is 35.5. The Labute approximate surface area is 174 Å².